The molecule has 0 aliphatic heterocycles. The molecule has 0 aromatic carbocycles. The molecule has 19 heavy (non-hydrogen) atoms. The number of pyridine rings is 1. The summed E-state index contributed by atoms with van der Waals surface area (Å²) in [5.74, 6) is 0. The van der Waals surface area contributed by atoms with Gasteiger partial charge in [-0.05, 0) is 49.6 Å². The third-order valence-corrected chi connectivity index (χ3v) is 4.81. The molecule has 2 heterocycles. The van der Waals surface area contributed by atoms with Crippen LogP contribution in [0.2, 0.25) is 0 Å². The van der Waals surface area contributed by atoms with Gasteiger partial charge in [-0.25, -0.2) is 4.98 Å². The number of nitrogens with two attached hydrogens (primary N) is 1. The van der Waals surface area contributed by atoms with E-state index < -0.39 is 0 Å². The Hall–Kier alpha value is -0.980. The lowest BCUT2D eigenvalue weighted by molar-refractivity contribution is 0.644. The van der Waals surface area contributed by atoms with Gasteiger partial charge in [-0.15, -0.1) is 10.2 Å². The van der Waals surface area contributed by atoms with E-state index in [1.165, 1.54) is 11.1 Å². The highest BCUT2D eigenvalue weighted by atomic mass is 32.2. The van der Waals surface area contributed by atoms with E-state index in [0.29, 0.717) is 0 Å². The van der Waals surface area contributed by atoms with E-state index in [1.54, 1.807) is 23.1 Å². The molecule has 2 rings (SSSR count). The first-order chi connectivity index (χ1) is 9.08. The minimum absolute atomic E-state index is 0.213. The minimum Gasteiger partial charge on any atom is -0.327 e. The van der Waals surface area contributed by atoms with Gasteiger partial charge in [0.2, 0.25) is 0 Å². The molecular weight excluding hydrogens is 276 g/mol. The van der Waals surface area contributed by atoms with E-state index in [2.05, 4.69) is 35.1 Å². The zero-order valence-corrected chi connectivity index (χ0v) is 13.0. The molecule has 1 atom stereocenters. The number of aryl methyl sites for hydroxylation is 2. The summed E-state index contributed by atoms with van der Waals surface area (Å²) in [5.41, 5.74) is 8.33. The van der Waals surface area contributed by atoms with E-state index >= 15 is 0 Å². The van der Waals surface area contributed by atoms with Crippen LogP contribution in [0.25, 0.3) is 0 Å². The molecule has 0 aliphatic carbocycles. The quantitative estimate of drug-likeness (QED) is 0.918. The first-order valence-corrected chi connectivity index (χ1v) is 7.91. The maximum absolute atomic E-state index is 5.97. The SMILES string of the molecule is CCC(N)Cc1cnc(Sc2nnc(C)s2)c(C)c1. The summed E-state index contributed by atoms with van der Waals surface area (Å²) in [7, 11) is 0. The molecule has 2 aromatic heterocycles. The normalized spacial score (nSPS) is 12.6. The van der Waals surface area contributed by atoms with Gasteiger partial charge in [0.1, 0.15) is 10.0 Å². The summed E-state index contributed by atoms with van der Waals surface area (Å²) < 4.78 is 0.936. The molecule has 4 nitrogen and oxygen atoms in total. The van der Waals surface area contributed by atoms with Gasteiger partial charge in [-0.3, -0.25) is 0 Å². The number of aromatic nitrogens is 3. The maximum Gasteiger partial charge on any atom is 0.180 e. The standard InChI is InChI=1S/C13H18N4S2/c1-4-11(14)6-10-5-8(2)12(15-7-10)19-13-17-16-9(3)18-13/h5,7,11H,4,6,14H2,1-3H3. The van der Waals surface area contributed by atoms with E-state index in [4.69, 9.17) is 5.73 Å². The van der Waals surface area contributed by atoms with Crippen LogP contribution in [-0.2, 0) is 6.42 Å². The molecule has 0 aliphatic rings. The molecule has 0 spiro atoms. The van der Waals surface area contributed by atoms with Crippen LogP contribution >= 0.6 is 23.1 Å². The van der Waals surface area contributed by atoms with Crippen molar-refractivity contribution in [1.82, 2.24) is 15.2 Å². The molecule has 1 unspecified atom stereocenters. The second-order valence-corrected chi connectivity index (χ2v) is 6.94. The van der Waals surface area contributed by atoms with Gasteiger partial charge in [-0.1, -0.05) is 24.3 Å². The van der Waals surface area contributed by atoms with Crippen molar-refractivity contribution in [2.45, 2.75) is 49.0 Å². The predicted octanol–water partition coefficient (Wildman–Crippen LogP) is 2.98. The lowest BCUT2D eigenvalue weighted by Crippen LogP contribution is -2.21. The Morgan fingerprint density at radius 1 is 1.37 bits per heavy atom. The zero-order valence-electron chi connectivity index (χ0n) is 11.4. The average molecular weight is 294 g/mol. The van der Waals surface area contributed by atoms with Crippen LogP contribution in [0.1, 0.15) is 29.5 Å². The van der Waals surface area contributed by atoms with Gasteiger partial charge < -0.3 is 5.73 Å². The van der Waals surface area contributed by atoms with Crippen LogP contribution in [0.4, 0.5) is 0 Å². The highest BCUT2D eigenvalue weighted by molar-refractivity contribution is 8.01. The lowest BCUT2D eigenvalue weighted by Gasteiger charge is -2.10. The van der Waals surface area contributed by atoms with Crippen LogP contribution < -0.4 is 5.73 Å². The van der Waals surface area contributed by atoms with Crippen LogP contribution in [0.5, 0.6) is 0 Å². The number of nitrogens with zero attached hydrogens (tertiary/aromatic N) is 3. The molecule has 2 aromatic rings. The number of hydrogen-bond donors (Lipinski definition) is 1. The topological polar surface area (TPSA) is 64.7 Å². The second kappa shape index (κ2) is 6.45. The number of rotatable bonds is 5. The van der Waals surface area contributed by atoms with Gasteiger partial charge in [0.05, 0.1) is 0 Å². The highest BCUT2D eigenvalue weighted by Crippen LogP contribution is 2.30. The Kier molecular flexibility index (Phi) is 4.90. The molecule has 0 bridgehead atoms. The lowest BCUT2D eigenvalue weighted by atomic mass is 10.1. The van der Waals surface area contributed by atoms with Gasteiger partial charge in [0.25, 0.3) is 0 Å². The molecule has 102 valence electrons. The summed E-state index contributed by atoms with van der Waals surface area (Å²) in [6.45, 7) is 6.13. The molecule has 0 radical (unpaired) electrons. The summed E-state index contributed by atoms with van der Waals surface area (Å²) in [4.78, 5) is 4.52. The first-order valence-electron chi connectivity index (χ1n) is 6.27. The van der Waals surface area contributed by atoms with Crippen molar-refractivity contribution in [2.24, 2.45) is 5.73 Å². The van der Waals surface area contributed by atoms with Crippen molar-refractivity contribution < 1.29 is 0 Å². The third kappa shape index (κ3) is 3.99. The van der Waals surface area contributed by atoms with Crippen molar-refractivity contribution in [3.63, 3.8) is 0 Å². The Balaban J connectivity index is 2.10. The molecule has 0 amide bonds. The molecule has 2 N–H and O–H groups in total. The monoisotopic (exact) mass is 294 g/mol. The number of hydrogen-bond acceptors (Lipinski definition) is 6. The van der Waals surface area contributed by atoms with Gasteiger partial charge in [-0.2, -0.15) is 0 Å². The fourth-order valence-corrected chi connectivity index (χ4v) is 3.44. The van der Waals surface area contributed by atoms with Crippen molar-refractivity contribution in [3.05, 3.63) is 28.4 Å². The molecule has 6 heteroatoms. The van der Waals surface area contributed by atoms with E-state index in [0.717, 1.165) is 27.2 Å². The Labute approximate surface area is 121 Å². The fraction of sp³-hybridized carbons (Fsp3) is 0.462. The minimum atomic E-state index is 0.213. The maximum atomic E-state index is 5.97. The van der Waals surface area contributed by atoms with Crippen LogP contribution in [0.15, 0.2) is 21.6 Å². The smallest absolute Gasteiger partial charge is 0.180 e. The van der Waals surface area contributed by atoms with Crippen molar-refractivity contribution in [1.29, 1.82) is 0 Å². The summed E-state index contributed by atoms with van der Waals surface area (Å²) in [6, 6.07) is 2.38. The van der Waals surface area contributed by atoms with Gasteiger partial charge >= 0.3 is 0 Å². The van der Waals surface area contributed by atoms with E-state index in [1.807, 2.05) is 13.1 Å². The van der Waals surface area contributed by atoms with Crippen LogP contribution in [0, 0.1) is 13.8 Å². The average Bonchev–Trinajstić information content (AvgIpc) is 2.78. The largest absolute Gasteiger partial charge is 0.327 e. The van der Waals surface area contributed by atoms with Gasteiger partial charge in [0.15, 0.2) is 4.34 Å². The van der Waals surface area contributed by atoms with Crippen molar-refractivity contribution >= 4 is 23.1 Å². The van der Waals surface area contributed by atoms with E-state index in [-0.39, 0.29) is 6.04 Å². The Morgan fingerprint density at radius 3 is 2.74 bits per heavy atom. The van der Waals surface area contributed by atoms with Crippen LogP contribution in [0.3, 0.4) is 0 Å². The summed E-state index contributed by atoms with van der Waals surface area (Å²) in [5, 5.41) is 10.1. The zero-order chi connectivity index (χ0) is 13.8. The highest BCUT2D eigenvalue weighted by Gasteiger charge is 2.09. The van der Waals surface area contributed by atoms with Crippen molar-refractivity contribution in [3.8, 4) is 0 Å². The second-order valence-electron chi connectivity index (χ2n) is 4.53. The fourth-order valence-electron chi connectivity index (χ4n) is 1.69. The first kappa shape index (κ1) is 14.4. The van der Waals surface area contributed by atoms with Crippen LogP contribution in [-0.4, -0.2) is 21.2 Å². The third-order valence-electron chi connectivity index (χ3n) is 2.80. The van der Waals surface area contributed by atoms with E-state index in [9.17, 15) is 0 Å². The molecule has 0 saturated carbocycles. The molecule has 0 fully saturated rings. The summed E-state index contributed by atoms with van der Waals surface area (Å²) >= 11 is 3.16. The summed E-state index contributed by atoms with van der Waals surface area (Å²) in [6.07, 6.45) is 3.78. The Bertz CT molecular complexity index is 553. The molecule has 0 saturated heterocycles. The van der Waals surface area contributed by atoms with Gasteiger partial charge in [0, 0.05) is 12.2 Å². The molecular formula is C13H18N4S2. The van der Waals surface area contributed by atoms with Crippen molar-refractivity contribution in [2.75, 3.05) is 0 Å². The predicted molar refractivity (Wildman–Crippen MR) is 79.7 cm³/mol. The Morgan fingerprint density at radius 2 is 2.16 bits per heavy atom.